The molecule has 2 aromatic rings. The highest BCUT2D eigenvalue weighted by Gasteiger charge is 2.11. The molecule has 0 heterocycles. The van der Waals surface area contributed by atoms with E-state index in [2.05, 4.69) is 10.6 Å². The largest absolute Gasteiger partial charge is 0.491 e. The molecule has 2 amide bonds. The minimum Gasteiger partial charge on any atom is -0.491 e. The molecule has 0 fully saturated rings. The molecule has 0 aliphatic rings. The number of nitrogens with zero attached hydrogens (tertiary/aromatic N) is 1. The van der Waals surface area contributed by atoms with Crippen LogP contribution in [0.4, 0.5) is 5.69 Å². The van der Waals surface area contributed by atoms with Gasteiger partial charge in [-0.1, -0.05) is 6.07 Å². The standard InChI is InChI=1S/C21H27N3O3/c1-15(2)27-19-10-8-18(9-11-19)23-21(26)17-7-5-6-16(14-17)20(25)22-12-13-24(3)4/h5-11,14-15H,12-13H2,1-4H3,(H,22,25)(H,23,26). The van der Waals surface area contributed by atoms with Gasteiger partial charge in [0.25, 0.3) is 11.8 Å². The summed E-state index contributed by atoms with van der Waals surface area (Å²) in [7, 11) is 3.89. The number of anilines is 1. The molecule has 6 nitrogen and oxygen atoms in total. The highest BCUT2D eigenvalue weighted by Crippen LogP contribution is 2.18. The van der Waals surface area contributed by atoms with Gasteiger partial charge in [0.05, 0.1) is 6.10 Å². The lowest BCUT2D eigenvalue weighted by Crippen LogP contribution is -2.31. The monoisotopic (exact) mass is 369 g/mol. The average molecular weight is 369 g/mol. The fraction of sp³-hybridized carbons (Fsp3) is 0.333. The summed E-state index contributed by atoms with van der Waals surface area (Å²) in [6, 6.07) is 13.9. The lowest BCUT2D eigenvalue weighted by atomic mass is 10.1. The first-order chi connectivity index (χ1) is 12.8. The lowest BCUT2D eigenvalue weighted by Gasteiger charge is -2.12. The molecule has 2 N–H and O–H groups in total. The van der Waals surface area contributed by atoms with Crippen LogP contribution >= 0.6 is 0 Å². The zero-order valence-corrected chi connectivity index (χ0v) is 16.3. The number of likely N-dealkylation sites (N-methyl/N-ethyl adjacent to an activating group) is 1. The van der Waals surface area contributed by atoms with Crippen LogP contribution in [0, 0.1) is 0 Å². The third-order valence-corrected chi connectivity index (χ3v) is 3.72. The molecular formula is C21H27N3O3. The Morgan fingerprint density at radius 3 is 2.22 bits per heavy atom. The van der Waals surface area contributed by atoms with Crippen molar-refractivity contribution in [2.45, 2.75) is 20.0 Å². The maximum atomic E-state index is 12.5. The number of rotatable bonds is 8. The van der Waals surface area contributed by atoms with Gasteiger partial charge >= 0.3 is 0 Å². The van der Waals surface area contributed by atoms with Crippen molar-refractivity contribution in [3.8, 4) is 5.75 Å². The van der Waals surface area contributed by atoms with Crippen LogP contribution in [0.1, 0.15) is 34.6 Å². The zero-order valence-electron chi connectivity index (χ0n) is 16.3. The number of benzene rings is 2. The molecule has 0 bridgehead atoms. The van der Waals surface area contributed by atoms with Gasteiger partial charge in [0.1, 0.15) is 5.75 Å². The zero-order chi connectivity index (χ0) is 19.8. The number of carbonyl (C=O) groups excluding carboxylic acids is 2. The predicted octanol–water partition coefficient (Wildman–Crippen LogP) is 3.02. The summed E-state index contributed by atoms with van der Waals surface area (Å²) < 4.78 is 5.59. The maximum absolute atomic E-state index is 12.5. The van der Waals surface area contributed by atoms with E-state index in [1.807, 2.05) is 45.0 Å². The number of hydrogen-bond donors (Lipinski definition) is 2. The normalized spacial score (nSPS) is 10.7. The summed E-state index contributed by atoms with van der Waals surface area (Å²) in [4.78, 5) is 26.7. The molecule has 2 rings (SSSR count). The quantitative estimate of drug-likeness (QED) is 0.750. The molecule has 0 spiro atoms. The molecule has 0 aromatic heterocycles. The van der Waals surface area contributed by atoms with Crippen molar-refractivity contribution in [2.24, 2.45) is 0 Å². The van der Waals surface area contributed by atoms with Gasteiger partial charge < -0.3 is 20.3 Å². The summed E-state index contributed by atoms with van der Waals surface area (Å²) in [5, 5.41) is 5.67. The molecule has 0 radical (unpaired) electrons. The molecule has 2 aromatic carbocycles. The van der Waals surface area contributed by atoms with Crippen molar-refractivity contribution in [3.63, 3.8) is 0 Å². The second kappa shape index (κ2) is 9.73. The van der Waals surface area contributed by atoms with Gasteiger partial charge in [0, 0.05) is 29.9 Å². The van der Waals surface area contributed by atoms with E-state index in [4.69, 9.17) is 4.74 Å². The van der Waals surface area contributed by atoms with Crippen LogP contribution in [-0.2, 0) is 0 Å². The van der Waals surface area contributed by atoms with Crippen molar-refractivity contribution < 1.29 is 14.3 Å². The van der Waals surface area contributed by atoms with E-state index in [0.29, 0.717) is 23.4 Å². The molecule has 0 atom stereocenters. The Morgan fingerprint density at radius 2 is 1.63 bits per heavy atom. The van der Waals surface area contributed by atoms with Crippen molar-refractivity contribution in [1.29, 1.82) is 0 Å². The van der Waals surface area contributed by atoms with Crippen LogP contribution in [0.5, 0.6) is 5.75 Å². The van der Waals surface area contributed by atoms with Crippen molar-refractivity contribution in [1.82, 2.24) is 10.2 Å². The molecule has 0 saturated carbocycles. The minimum atomic E-state index is -0.268. The Hall–Kier alpha value is -2.86. The molecule has 0 aliphatic heterocycles. The fourth-order valence-electron chi connectivity index (χ4n) is 2.39. The summed E-state index contributed by atoms with van der Waals surface area (Å²) in [5.74, 6) is 0.288. The average Bonchev–Trinajstić information content (AvgIpc) is 2.62. The Kier molecular flexibility index (Phi) is 7.37. The van der Waals surface area contributed by atoms with Gasteiger partial charge in [-0.15, -0.1) is 0 Å². The second-order valence-electron chi connectivity index (χ2n) is 6.79. The van der Waals surface area contributed by atoms with E-state index in [1.165, 1.54) is 0 Å². The van der Waals surface area contributed by atoms with Crippen molar-refractivity contribution >= 4 is 17.5 Å². The fourth-order valence-corrected chi connectivity index (χ4v) is 2.39. The first-order valence-electron chi connectivity index (χ1n) is 8.96. The lowest BCUT2D eigenvalue weighted by molar-refractivity contribution is 0.0951. The Labute approximate surface area is 160 Å². The Balaban J connectivity index is 1.99. The van der Waals surface area contributed by atoms with Crippen LogP contribution in [-0.4, -0.2) is 50.0 Å². The molecule has 27 heavy (non-hydrogen) atoms. The van der Waals surface area contributed by atoms with Gasteiger partial charge in [-0.05, 0) is 70.4 Å². The van der Waals surface area contributed by atoms with E-state index >= 15 is 0 Å². The molecule has 6 heteroatoms. The number of hydrogen-bond acceptors (Lipinski definition) is 4. The Bertz CT molecular complexity index is 770. The molecule has 0 unspecified atom stereocenters. The maximum Gasteiger partial charge on any atom is 0.255 e. The number of carbonyl (C=O) groups is 2. The van der Waals surface area contributed by atoms with E-state index in [-0.39, 0.29) is 17.9 Å². The molecule has 0 aliphatic carbocycles. The highest BCUT2D eigenvalue weighted by atomic mass is 16.5. The molecule has 0 saturated heterocycles. The van der Waals surface area contributed by atoms with Crippen molar-refractivity contribution in [3.05, 3.63) is 59.7 Å². The van der Waals surface area contributed by atoms with E-state index in [0.717, 1.165) is 12.3 Å². The van der Waals surface area contributed by atoms with Crippen molar-refractivity contribution in [2.75, 3.05) is 32.5 Å². The molecule has 144 valence electrons. The van der Waals surface area contributed by atoms with Crippen LogP contribution in [0.2, 0.25) is 0 Å². The van der Waals surface area contributed by atoms with Gasteiger partial charge in [-0.2, -0.15) is 0 Å². The SMILES string of the molecule is CC(C)Oc1ccc(NC(=O)c2cccc(C(=O)NCCN(C)C)c2)cc1. The van der Waals surface area contributed by atoms with Crippen LogP contribution in [0.25, 0.3) is 0 Å². The molecular weight excluding hydrogens is 342 g/mol. The summed E-state index contributed by atoms with van der Waals surface area (Å²) in [5.41, 5.74) is 1.55. The Morgan fingerprint density at radius 1 is 1.00 bits per heavy atom. The second-order valence-corrected chi connectivity index (χ2v) is 6.79. The number of amides is 2. The van der Waals surface area contributed by atoms with E-state index in [1.54, 1.807) is 36.4 Å². The third kappa shape index (κ3) is 6.75. The summed E-state index contributed by atoms with van der Waals surface area (Å²) in [6.45, 7) is 5.22. The highest BCUT2D eigenvalue weighted by molar-refractivity contribution is 6.06. The van der Waals surface area contributed by atoms with Gasteiger partial charge in [-0.25, -0.2) is 0 Å². The van der Waals surface area contributed by atoms with Gasteiger partial charge in [0.15, 0.2) is 0 Å². The smallest absolute Gasteiger partial charge is 0.255 e. The topological polar surface area (TPSA) is 70.7 Å². The van der Waals surface area contributed by atoms with Crippen LogP contribution in [0.15, 0.2) is 48.5 Å². The van der Waals surface area contributed by atoms with E-state index in [9.17, 15) is 9.59 Å². The summed E-state index contributed by atoms with van der Waals surface area (Å²) >= 11 is 0. The third-order valence-electron chi connectivity index (χ3n) is 3.72. The first kappa shape index (κ1) is 20.5. The number of ether oxygens (including phenoxy) is 1. The minimum absolute atomic E-state index is 0.0945. The number of nitrogens with one attached hydrogen (secondary N) is 2. The predicted molar refractivity (Wildman–Crippen MR) is 107 cm³/mol. The van der Waals surface area contributed by atoms with Crippen LogP contribution in [0.3, 0.4) is 0 Å². The van der Waals surface area contributed by atoms with Crippen LogP contribution < -0.4 is 15.4 Å². The summed E-state index contributed by atoms with van der Waals surface area (Å²) in [6.07, 6.45) is 0.0945. The van der Waals surface area contributed by atoms with Gasteiger partial charge in [-0.3, -0.25) is 9.59 Å². The van der Waals surface area contributed by atoms with Gasteiger partial charge in [0.2, 0.25) is 0 Å². The first-order valence-corrected chi connectivity index (χ1v) is 8.96. The van der Waals surface area contributed by atoms with E-state index < -0.39 is 0 Å².